The molecular weight excluding hydrogens is 304 g/mol. The monoisotopic (exact) mass is 328 g/mol. The second kappa shape index (κ2) is 5.32. The normalized spacial score (nSPS) is 28.9. The number of nitrogens with one attached hydrogen (secondary N) is 1. The third kappa shape index (κ3) is 2.48. The van der Waals surface area contributed by atoms with Crippen LogP contribution in [-0.4, -0.2) is 35.5 Å². The van der Waals surface area contributed by atoms with Crippen LogP contribution in [0.3, 0.4) is 0 Å². The number of nitrogens with zero attached hydrogens (tertiary/aromatic N) is 1. The van der Waals surface area contributed by atoms with Gasteiger partial charge in [0.05, 0.1) is 0 Å². The third-order valence-corrected chi connectivity index (χ3v) is 6.79. The van der Waals surface area contributed by atoms with Crippen molar-refractivity contribution in [1.82, 2.24) is 10.2 Å². The molecule has 1 atom stereocenters. The number of fused-ring (bicyclic) bond motifs is 4. The zero-order valence-corrected chi connectivity index (χ0v) is 14.9. The van der Waals surface area contributed by atoms with E-state index in [1.54, 1.807) is 11.3 Å². The third-order valence-electron chi connectivity index (χ3n) is 5.78. The molecule has 0 radical (unpaired) electrons. The Balaban J connectivity index is 1.58. The van der Waals surface area contributed by atoms with E-state index >= 15 is 0 Å². The summed E-state index contributed by atoms with van der Waals surface area (Å²) in [4.78, 5) is 16.6. The number of hydrogen-bond acceptors (Lipinski definition) is 3. The van der Waals surface area contributed by atoms with Crippen molar-refractivity contribution in [3.63, 3.8) is 0 Å². The molecule has 3 aliphatic heterocycles. The fraction of sp³-hybridized carbons (Fsp3) is 0.526. The van der Waals surface area contributed by atoms with Crippen LogP contribution in [0.4, 0.5) is 0 Å². The van der Waals surface area contributed by atoms with Crippen LogP contribution in [0.25, 0.3) is 10.1 Å². The maximum Gasteiger partial charge on any atom is 0.251 e. The summed E-state index contributed by atoms with van der Waals surface area (Å²) in [5.41, 5.74) is 0.840. The van der Waals surface area contributed by atoms with Gasteiger partial charge in [-0.25, -0.2) is 0 Å². The van der Waals surface area contributed by atoms with Gasteiger partial charge in [-0.2, -0.15) is 0 Å². The molecule has 2 bridgehead atoms. The molecule has 3 aliphatic rings. The molecule has 3 nitrogen and oxygen atoms in total. The molecule has 3 fully saturated rings. The lowest BCUT2D eigenvalue weighted by Gasteiger charge is -2.56. The number of carbonyl (C=O) groups is 1. The molecule has 4 heterocycles. The Hall–Kier alpha value is -1.39. The molecule has 0 unspecified atom stereocenters. The van der Waals surface area contributed by atoms with Crippen molar-refractivity contribution < 1.29 is 4.79 Å². The number of amides is 1. The van der Waals surface area contributed by atoms with Crippen LogP contribution >= 0.6 is 11.3 Å². The van der Waals surface area contributed by atoms with Gasteiger partial charge in [0.1, 0.15) is 0 Å². The minimum atomic E-state index is 0.0560. The number of rotatable bonds is 2. The molecule has 3 saturated heterocycles. The van der Waals surface area contributed by atoms with E-state index < -0.39 is 0 Å². The number of benzene rings is 1. The summed E-state index contributed by atoms with van der Waals surface area (Å²) in [6.07, 6.45) is 2.41. The summed E-state index contributed by atoms with van der Waals surface area (Å²) >= 11 is 1.75. The highest BCUT2D eigenvalue weighted by Gasteiger charge is 2.48. The Kier molecular flexibility index (Phi) is 3.50. The first-order valence-corrected chi connectivity index (χ1v) is 9.33. The SMILES string of the molecule is Cc1cc2ccc(C(=O)N[C@@H]3C4CCN(CC4)C3(C)C)cc2s1. The minimum absolute atomic E-state index is 0.0560. The first kappa shape index (κ1) is 15.2. The van der Waals surface area contributed by atoms with Gasteiger partial charge in [-0.05, 0) is 76.2 Å². The zero-order valence-electron chi connectivity index (χ0n) is 14.1. The number of aryl methyl sites for hydroxylation is 1. The molecule has 0 saturated carbocycles. The highest BCUT2D eigenvalue weighted by Crippen LogP contribution is 2.39. The van der Waals surface area contributed by atoms with Gasteiger partial charge in [-0.3, -0.25) is 9.69 Å². The van der Waals surface area contributed by atoms with Crippen LogP contribution in [0.1, 0.15) is 41.9 Å². The van der Waals surface area contributed by atoms with Crippen LogP contribution in [0.15, 0.2) is 24.3 Å². The lowest BCUT2D eigenvalue weighted by atomic mass is 9.72. The van der Waals surface area contributed by atoms with E-state index in [9.17, 15) is 4.79 Å². The van der Waals surface area contributed by atoms with E-state index in [-0.39, 0.29) is 17.5 Å². The van der Waals surface area contributed by atoms with Crippen molar-refractivity contribution in [2.75, 3.05) is 13.1 Å². The number of piperidine rings is 3. The standard InChI is InChI=1S/C19H24N2OS/c1-12-10-14-4-5-15(11-16(14)23-12)18(22)20-17-13-6-8-21(9-7-13)19(17,2)3/h4-5,10-11,13,17H,6-9H2,1-3H3,(H,20,22)/t17-/m1/s1. The number of carbonyl (C=O) groups excluding carboxylic acids is 1. The first-order valence-electron chi connectivity index (χ1n) is 8.51. The topological polar surface area (TPSA) is 32.3 Å². The Morgan fingerprint density at radius 2 is 2.00 bits per heavy atom. The van der Waals surface area contributed by atoms with Gasteiger partial charge in [0.2, 0.25) is 0 Å². The molecule has 1 aromatic carbocycles. The molecule has 122 valence electrons. The van der Waals surface area contributed by atoms with E-state index in [4.69, 9.17) is 0 Å². The highest BCUT2D eigenvalue weighted by molar-refractivity contribution is 7.19. The number of hydrogen-bond donors (Lipinski definition) is 1. The second-order valence-corrected chi connectivity index (χ2v) is 8.83. The molecule has 23 heavy (non-hydrogen) atoms. The predicted molar refractivity (Wildman–Crippen MR) is 96.2 cm³/mol. The molecule has 1 aromatic heterocycles. The molecular formula is C19H24N2OS. The molecule has 0 aliphatic carbocycles. The average Bonchev–Trinajstić information content (AvgIpc) is 2.90. The molecule has 4 heteroatoms. The Morgan fingerprint density at radius 3 is 2.70 bits per heavy atom. The van der Waals surface area contributed by atoms with E-state index in [2.05, 4.69) is 43.1 Å². The quantitative estimate of drug-likeness (QED) is 0.909. The maximum absolute atomic E-state index is 12.8. The van der Waals surface area contributed by atoms with Crippen LogP contribution in [0.5, 0.6) is 0 Å². The maximum atomic E-state index is 12.8. The Morgan fingerprint density at radius 1 is 1.26 bits per heavy atom. The van der Waals surface area contributed by atoms with Gasteiger partial charge in [0, 0.05) is 26.7 Å². The zero-order chi connectivity index (χ0) is 16.2. The highest BCUT2D eigenvalue weighted by atomic mass is 32.1. The van der Waals surface area contributed by atoms with E-state index in [1.165, 1.54) is 40.9 Å². The fourth-order valence-corrected chi connectivity index (χ4v) is 5.37. The van der Waals surface area contributed by atoms with Gasteiger partial charge in [0.15, 0.2) is 0 Å². The van der Waals surface area contributed by atoms with Crippen LogP contribution in [0, 0.1) is 12.8 Å². The van der Waals surface area contributed by atoms with Crippen molar-refractivity contribution in [3.05, 3.63) is 34.7 Å². The summed E-state index contributed by atoms with van der Waals surface area (Å²) < 4.78 is 1.20. The van der Waals surface area contributed by atoms with Crippen molar-refractivity contribution in [1.29, 1.82) is 0 Å². The van der Waals surface area contributed by atoms with Crippen LogP contribution < -0.4 is 5.32 Å². The molecule has 2 aromatic rings. The molecule has 0 spiro atoms. The van der Waals surface area contributed by atoms with Gasteiger partial charge in [-0.15, -0.1) is 11.3 Å². The van der Waals surface area contributed by atoms with Gasteiger partial charge < -0.3 is 5.32 Å². The largest absolute Gasteiger partial charge is 0.347 e. The predicted octanol–water partition coefficient (Wildman–Crippen LogP) is 3.81. The Bertz CT molecular complexity index is 756. The number of thiophene rings is 1. The van der Waals surface area contributed by atoms with Crippen molar-refractivity contribution in [3.8, 4) is 0 Å². The summed E-state index contributed by atoms with van der Waals surface area (Å²) in [5.74, 6) is 0.691. The Labute approximate surface area is 141 Å². The molecule has 5 rings (SSSR count). The van der Waals surface area contributed by atoms with E-state index in [1.807, 2.05) is 12.1 Å². The second-order valence-electron chi connectivity index (χ2n) is 7.54. The van der Waals surface area contributed by atoms with E-state index in [0.29, 0.717) is 5.92 Å². The van der Waals surface area contributed by atoms with Crippen LogP contribution in [0.2, 0.25) is 0 Å². The first-order chi connectivity index (χ1) is 10.9. The van der Waals surface area contributed by atoms with Gasteiger partial charge in [0.25, 0.3) is 5.91 Å². The van der Waals surface area contributed by atoms with Crippen molar-refractivity contribution in [2.24, 2.45) is 5.92 Å². The summed E-state index contributed by atoms with van der Waals surface area (Å²) in [6.45, 7) is 9.00. The van der Waals surface area contributed by atoms with Crippen molar-refractivity contribution in [2.45, 2.75) is 45.2 Å². The molecule has 1 N–H and O–H groups in total. The van der Waals surface area contributed by atoms with Gasteiger partial charge in [-0.1, -0.05) is 6.07 Å². The average molecular weight is 328 g/mol. The summed E-state index contributed by atoms with van der Waals surface area (Å²) in [7, 11) is 0. The molecule has 1 amide bonds. The lowest BCUT2D eigenvalue weighted by Crippen LogP contribution is -2.69. The fourth-order valence-electron chi connectivity index (χ4n) is 4.41. The van der Waals surface area contributed by atoms with E-state index in [0.717, 1.165) is 5.56 Å². The van der Waals surface area contributed by atoms with Gasteiger partial charge >= 0.3 is 0 Å². The summed E-state index contributed by atoms with van der Waals surface area (Å²) in [6, 6.07) is 8.49. The van der Waals surface area contributed by atoms with Crippen molar-refractivity contribution >= 4 is 27.3 Å². The minimum Gasteiger partial charge on any atom is -0.347 e. The summed E-state index contributed by atoms with van der Waals surface area (Å²) in [5, 5.41) is 4.58. The smallest absolute Gasteiger partial charge is 0.251 e. The van der Waals surface area contributed by atoms with Crippen LogP contribution in [-0.2, 0) is 0 Å². The lowest BCUT2D eigenvalue weighted by molar-refractivity contribution is -0.0378.